The van der Waals surface area contributed by atoms with Crippen molar-refractivity contribution >= 4 is 18.1 Å². The van der Waals surface area contributed by atoms with E-state index in [-0.39, 0.29) is 5.56 Å². The minimum Gasteiger partial charge on any atom is -0.478 e. The molecule has 2 aromatic rings. The Morgan fingerprint density at radius 2 is 2.33 bits per heavy atom. The Hall–Kier alpha value is -2.47. The lowest BCUT2D eigenvalue weighted by atomic mass is 10.1. The van der Waals surface area contributed by atoms with E-state index in [1.54, 1.807) is 6.08 Å². The number of rotatable bonds is 3. The van der Waals surface area contributed by atoms with E-state index in [1.165, 1.54) is 18.3 Å². The fourth-order valence-corrected chi connectivity index (χ4v) is 2.38. The molecular weight excluding hydrogens is 270 g/mol. The standard InChI is InChI=1S/C15H15N3O3/c1-18-14(12-9-21-7-5-13(12)17-18)3-2-11-8-10(15(19)20)4-6-16-11/h2-4,6,8H,5,7,9H2,1H3,(H,19,20)/b3-2+. The Kier molecular flexibility index (Phi) is 3.53. The first-order valence-electron chi connectivity index (χ1n) is 6.65. The van der Waals surface area contributed by atoms with Gasteiger partial charge in [0.1, 0.15) is 0 Å². The SMILES string of the molecule is Cn1nc2c(c1/C=C/c1cc(C(=O)O)ccn1)COCC2. The predicted octanol–water partition coefficient (Wildman–Crippen LogP) is 1.76. The van der Waals surface area contributed by atoms with Crippen LogP contribution >= 0.6 is 0 Å². The highest BCUT2D eigenvalue weighted by Crippen LogP contribution is 2.21. The highest BCUT2D eigenvalue weighted by Gasteiger charge is 2.17. The number of carboxylic acid groups (broad SMARTS) is 1. The zero-order valence-corrected chi connectivity index (χ0v) is 11.6. The first kappa shape index (κ1) is 13.5. The highest BCUT2D eigenvalue weighted by molar-refractivity contribution is 5.88. The Bertz CT molecular complexity index is 719. The number of fused-ring (bicyclic) bond motifs is 1. The molecule has 0 radical (unpaired) electrons. The fraction of sp³-hybridized carbons (Fsp3) is 0.267. The second kappa shape index (κ2) is 5.49. The average Bonchev–Trinajstić information content (AvgIpc) is 2.81. The van der Waals surface area contributed by atoms with Gasteiger partial charge in [-0.1, -0.05) is 0 Å². The molecule has 0 saturated carbocycles. The minimum atomic E-state index is -0.960. The predicted molar refractivity (Wildman–Crippen MR) is 76.7 cm³/mol. The number of aromatic carboxylic acids is 1. The van der Waals surface area contributed by atoms with E-state index in [2.05, 4.69) is 10.1 Å². The van der Waals surface area contributed by atoms with E-state index in [0.29, 0.717) is 18.9 Å². The van der Waals surface area contributed by atoms with E-state index >= 15 is 0 Å². The summed E-state index contributed by atoms with van der Waals surface area (Å²) in [6.07, 6.45) is 6.00. The smallest absolute Gasteiger partial charge is 0.335 e. The molecule has 0 saturated heterocycles. The van der Waals surface area contributed by atoms with Gasteiger partial charge in [0.15, 0.2) is 0 Å². The summed E-state index contributed by atoms with van der Waals surface area (Å²) in [7, 11) is 1.89. The second-order valence-corrected chi connectivity index (χ2v) is 4.84. The third kappa shape index (κ3) is 2.71. The summed E-state index contributed by atoms with van der Waals surface area (Å²) in [6.45, 7) is 1.26. The summed E-state index contributed by atoms with van der Waals surface area (Å²) in [5, 5.41) is 13.5. The van der Waals surface area contributed by atoms with Crippen LogP contribution < -0.4 is 0 Å². The van der Waals surface area contributed by atoms with Crippen LogP contribution in [0.1, 0.15) is 33.0 Å². The molecule has 0 aliphatic carbocycles. The van der Waals surface area contributed by atoms with Crippen LogP contribution in [0.15, 0.2) is 18.3 Å². The van der Waals surface area contributed by atoms with Crippen LogP contribution in [0.5, 0.6) is 0 Å². The van der Waals surface area contributed by atoms with Gasteiger partial charge in [0.2, 0.25) is 0 Å². The van der Waals surface area contributed by atoms with Crippen LogP contribution in [-0.4, -0.2) is 32.4 Å². The zero-order chi connectivity index (χ0) is 14.8. The van der Waals surface area contributed by atoms with Crippen molar-refractivity contribution in [3.05, 3.63) is 46.5 Å². The van der Waals surface area contributed by atoms with Crippen LogP contribution in [0.4, 0.5) is 0 Å². The van der Waals surface area contributed by atoms with E-state index in [0.717, 1.165) is 23.4 Å². The van der Waals surface area contributed by atoms with Crippen LogP contribution in [0.2, 0.25) is 0 Å². The fourth-order valence-electron chi connectivity index (χ4n) is 2.38. The molecule has 3 rings (SSSR count). The third-order valence-corrected chi connectivity index (χ3v) is 3.45. The molecular formula is C15H15N3O3. The van der Waals surface area contributed by atoms with Gasteiger partial charge in [-0.2, -0.15) is 5.10 Å². The van der Waals surface area contributed by atoms with Crippen molar-refractivity contribution in [2.75, 3.05) is 6.61 Å². The van der Waals surface area contributed by atoms with Crippen LogP contribution in [0, 0.1) is 0 Å². The molecule has 0 amide bonds. The van der Waals surface area contributed by atoms with Crippen molar-refractivity contribution in [1.82, 2.24) is 14.8 Å². The van der Waals surface area contributed by atoms with Gasteiger partial charge in [-0.25, -0.2) is 4.79 Å². The average molecular weight is 285 g/mol. The minimum absolute atomic E-state index is 0.222. The van der Waals surface area contributed by atoms with Gasteiger partial charge >= 0.3 is 5.97 Å². The van der Waals surface area contributed by atoms with E-state index < -0.39 is 5.97 Å². The van der Waals surface area contributed by atoms with E-state index in [1.807, 2.05) is 17.8 Å². The molecule has 6 heteroatoms. The Morgan fingerprint density at radius 1 is 1.48 bits per heavy atom. The number of aryl methyl sites for hydroxylation is 1. The zero-order valence-electron chi connectivity index (χ0n) is 11.6. The number of aromatic nitrogens is 3. The Morgan fingerprint density at radius 3 is 3.14 bits per heavy atom. The Balaban J connectivity index is 1.91. The maximum Gasteiger partial charge on any atom is 0.335 e. The summed E-state index contributed by atoms with van der Waals surface area (Å²) in [6, 6.07) is 3.01. The molecule has 0 unspecified atom stereocenters. The molecule has 0 atom stereocenters. The lowest BCUT2D eigenvalue weighted by Gasteiger charge is -2.10. The van der Waals surface area contributed by atoms with Gasteiger partial charge in [-0.15, -0.1) is 0 Å². The van der Waals surface area contributed by atoms with Crippen LogP contribution in [0.25, 0.3) is 12.2 Å². The van der Waals surface area contributed by atoms with Crippen molar-refractivity contribution in [3.8, 4) is 0 Å². The number of carbonyl (C=O) groups is 1. The molecule has 1 aliphatic rings. The summed E-state index contributed by atoms with van der Waals surface area (Å²) in [4.78, 5) is 15.1. The van der Waals surface area contributed by atoms with Gasteiger partial charge in [0.05, 0.1) is 35.9 Å². The first-order valence-corrected chi connectivity index (χ1v) is 6.65. The maximum absolute atomic E-state index is 10.9. The number of carboxylic acids is 1. The van der Waals surface area contributed by atoms with Crippen molar-refractivity contribution in [2.24, 2.45) is 7.05 Å². The first-order chi connectivity index (χ1) is 10.1. The van der Waals surface area contributed by atoms with E-state index in [4.69, 9.17) is 9.84 Å². The molecule has 0 spiro atoms. The molecule has 0 fully saturated rings. The number of pyridine rings is 1. The number of ether oxygens (including phenoxy) is 1. The molecule has 1 aliphatic heterocycles. The summed E-state index contributed by atoms with van der Waals surface area (Å²) in [5.41, 5.74) is 3.94. The highest BCUT2D eigenvalue weighted by atomic mass is 16.5. The van der Waals surface area contributed by atoms with Crippen LogP contribution in [0.3, 0.4) is 0 Å². The lowest BCUT2D eigenvalue weighted by molar-refractivity contribution is 0.0696. The maximum atomic E-state index is 10.9. The quantitative estimate of drug-likeness (QED) is 0.929. The second-order valence-electron chi connectivity index (χ2n) is 4.84. The summed E-state index contributed by atoms with van der Waals surface area (Å²) >= 11 is 0. The molecule has 3 heterocycles. The molecule has 6 nitrogen and oxygen atoms in total. The van der Waals surface area contributed by atoms with Gasteiger partial charge in [-0.3, -0.25) is 9.67 Å². The lowest BCUT2D eigenvalue weighted by Crippen LogP contribution is -2.08. The molecule has 21 heavy (non-hydrogen) atoms. The van der Waals surface area contributed by atoms with Crippen molar-refractivity contribution in [2.45, 2.75) is 13.0 Å². The molecule has 0 bridgehead atoms. The normalized spacial score (nSPS) is 14.3. The summed E-state index contributed by atoms with van der Waals surface area (Å²) in [5.74, 6) is -0.960. The number of nitrogens with zero attached hydrogens (tertiary/aromatic N) is 3. The van der Waals surface area contributed by atoms with Crippen molar-refractivity contribution in [3.63, 3.8) is 0 Å². The number of hydrogen-bond donors (Lipinski definition) is 1. The molecule has 0 aromatic carbocycles. The summed E-state index contributed by atoms with van der Waals surface area (Å²) < 4.78 is 7.29. The third-order valence-electron chi connectivity index (χ3n) is 3.45. The van der Waals surface area contributed by atoms with Crippen molar-refractivity contribution < 1.29 is 14.6 Å². The molecule has 2 aromatic heterocycles. The number of hydrogen-bond acceptors (Lipinski definition) is 4. The topological polar surface area (TPSA) is 77.2 Å². The van der Waals surface area contributed by atoms with Gasteiger partial charge in [-0.05, 0) is 24.3 Å². The van der Waals surface area contributed by atoms with Crippen molar-refractivity contribution in [1.29, 1.82) is 0 Å². The van der Waals surface area contributed by atoms with E-state index in [9.17, 15) is 4.79 Å². The largest absolute Gasteiger partial charge is 0.478 e. The van der Waals surface area contributed by atoms with Crippen LogP contribution in [-0.2, 0) is 24.8 Å². The Labute approximate surface area is 121 Å². The molecule has 108 valence electrons. The van der Waals surface area contributed by atoms with Gasteiger partial charge < -0.3 is 9.84 Å². The van der Waals surface area contributed by atoms with Gasteiger partial charge in [0, 0.05) is 25.2 Å². The molecule has 1 N–H and O–H groups in total. The van der Waals surface area contributed by atoms with Gasteiger partial charge in [0.25, 0.3) is 0 Å². The monoisotopic (exact) mass is 285 g/mol.